The zero-order valence-electron chi connectivity index (χ0n) is 13.0. The van der Waals surface area contributed by atoms with Gasteiger partial charge in [-0.25, -0.2) is 0 Å². The molecule has 1 saturated carbocycles. The lowest BCUT2D eigenvalue weighted by Crippen LogP contribution is -2.29. The molecule has 0 aromatic carbocycles. The zero-order valence-corrected chi connectivity index (χ0v) is 13.0. The molecular weight excluding hydrogens is 282 g/mol. The van der Waals surface area contributed by atoms with E-state index in [9.17, 15) is 5.11 Å². The monoisotopic (exact) mass is 303 g/mol. The second kappa shape index (κ2) is 4.89. The Morgan fingerprint density at radius 3 is 2.59 bits per heavy atom. The highest BCUT2D eigenvalue weighted by Gasteiger charge is 2.59. The van der Waals surface area contributed by atoms with Crippen LogP contribution in [0.4, 0.5) is 0 Å². The van der Waals surface area contributed by atoms with Gasteiger partial charge in [-0.05, 0) is 23.8 Å². The van der Waals surface area contributed by atoms with Gasteiger partial charge in [0.15, 0.2) is 0 Å². The Bertz CT molecular complexity index is 667. The van der Waals surface area contributed by atoms with Gasteiger partial charge in [0.1, 0.15) is 6.23 Å². The summed E-state index contributed by atoms with van der Waals surface area (Å²) in [7, 11) is 0. The number of aliphatic hydroxyl groups excluding tert-OH is 1. The van der Waals surface area contributed by atoms with Gasteiger partial charge < -0.3 is 9.52 Å². The lowest BCUT2D eigenvalue weighted by atomic mass is 10.1. The number of likely N-dealkylation sites (tertiary alicyclic amines) is 1. The number of aromatic amines is 1. The number of hydrogen-bond donors (Lipinski definition) is 2. The summed E-state index contributed by atoms with van der Waals surface area (Å²) in [6, 6.07) is 1.96. The number of aliphatic hydroxyl groups is 1. The molecule has 0 radical (unpaired) electrons. The van der Waals surface area contributed by atoms with Gasteiger partial charge in [-0.1, -0.05) is 13.8 Å². The van der Waals surface area contributed by atoms with Crippen molar-refractivity contribution < 1.29 is 9.52 Å². The number of nitrogens with one attached hydrogen (secondary N) is 1. The quantitative estimate of drug-likeness (QED) is 0.890. The van der Waals surface area contributed by atoms with Crippen LogP contribution in [0.5, 0.6) is 0 Å². The van der Waals surface area contributed by atoms with E-state index in [0.29, 0.717) is 29.6 Å². The molecule has 1 aliphatic heterocycles. The van der Waals surface area contributed by atoms with E-state index in [2.05, 4.69) is 39.1 Å². The van der Waals surface area contributed by atoms with Crippen molar-refractivity contribution in [3.8, 4) is 0 Å². The lowest BCUT2D eigenvalue weighted by molar-refractivity contribution is 0.00566. The molecule has 3 atom stereocenters. The number of piperidine rings is 1. The first-order chi connectivity index (χ1) is 10.5. The van der Waals surface area contributed by atoms with Gasteiger partial charge >= 0.3 is 0 Å². The molecular formula is C15H21N5O2. The fourth-order valence-electron chi connectivity index (χ4n) is 3.55. The number of aryl methyl sites for hydroxylation is 1. The maximum Gasteiger partial charge on any atom is 0.220 e. The van der Waals surface area contributed by atoms with E-state index in [-0.39, 0.29) is 0 Å². The number of fused-ring (bicyclic) bond motifs is 1. The summed E-state index contributed by atoms with van der Waals surface area (Å²) in [6.45, 7) is 7.71. The van der Waals surface area contributed by atoms with Crippen molar-refractivity contribution in [3.05, 3.63) is 29.2 Å². The fourth-order valence-corrected chi connectivity index (χ4v) is 3.55. The van der Waals surface area contributed by atoms with Gasteiger partial charge in [0.25, 0.3) is 0 Å². The molecule has 2 N–H and O–H groups in total. The maximum atomic E-state index is 10.5. The van der Waals surface area contributed by atoms with Gasteiger partial charge in [-0.3, -0.25) is 10.00 Å². The molecule has 2 aromatic rings. The van der Waals surface area contributed by atoms with Crippen LogP contribution in [-0.4, -0.2) is 43.5 Å². The summed E-state index contributed by atoms with van der Waals surface area (Å²) >= 11 is 0. The Kier molecular flexibility index (Phi) is 3.09. The van der Waals surface area contributed by atoms with Crippen molar-refractivity contribution in [2.45, 2.75) is 38.8 Å². The second-order valence-corrected chi connectivity index (χ2v) is 6.74. The van der Waals surface area contributed by atoms with Crippen LogP contribution in [0, 0.1) is 18.8 Å². The van der Waals surface area contributed by atoms with Gasteiger partial charge in [-0.15, -0.1) is 10.2 Å². The van der Waals surface area contributed by atoms with E-state index in [0.717, 1.165) is 30.4 Å². The minimum Gasteiger partial charge on any atom is -0.425 e. The topological polar surface area (TPSA) is 91.1 Å². The number of rotatable bonds is 4. The molecule has 7 heteroatoms. The summed E-state index contributed by atoms with van der Waals surface area (Å²) in [6.07, 6.45) is -0.613. The summed E-state index contributed by atoms with van der Waals surface area (Å²) < 4.78 is 5.53. The number of H-pyrrole nitrogens is 1. The first-order valence-electron chi connectivity index (χ1n) is 7.82. The van der Waals surface area contributed by atoms with E-state index in [1.807, 2.05) is 13.0 Å². The molecule has 2 aliphatic rings. The highest BCUT2D eigenvalue weighted by atomic mass is 16.4. The standard InChI is InChI=1S/C15H21N5O2/c1-7(2)11-4-12(18-17-11)15(21)20-5-9-10(6-20)13(9)14-19-16-8(3)22-14/h4,7,9-10,13,15,21H,5-6H2,1-3H3,(H,17,18). The summed E-state index contributed by atoms with van der Waals surface area (Å²) in [5.41, 5.74) is 1.76. The van der Waals surface area contributed by atoms with E-state index in [1.165, 1.54) is 0 Å². The summed E-state index contributed by atoms with van der Waals surface area (Å²) in [5.74, 6) is 3.14. The molecule has 4 rings (SSSR count). The van der Waals surface area contributed by atoms with Crippen LogP contribution in [0.25, 0.3) is 0 Å². The third-order valence-electron chi connectivity index (χ3n) is 4.88. The van der Waals surface area contributed by atoms with Gasteiger partial charge in [0.05, 0.1) is 11.4 Å². The minimum atomic E-state index is -0.613. The lowest BCUT2D eigenvalue weighted by Gasteiger charge is -2.23. The average Bonchev–Trinajstić information content (AvgIpc) is 2.97. The SMILES string of the molecule is Cc1nnc(C2C3CN(C(O)c4cc(C(C)C)n[nH]4)CC32)o1. The third-order valence-corrected chi connectivity index (χ3v) is 4.88. The number of aromatic nitrogens is 4. The predicted molar refractivity (Wildman–Crippen MR) is 78.0 cm³/mol. The van der Waals surface area contributed by atoms with Crippen LogP contribution in [0.1, 0.15) is 55.1 Å². The Labute approximate surface area is 128 Å². The average molecular weight is 303 g/mol. The first-order valence-corrected chi connectivity index (χ1v) is 7.82. The first kappa shape index (κ1) is 13.9. The highest BCUT2D eigenvalue weighted by Crippen LogP contribution is 2.58. The van der Waals surface area contributed by atoms with Crippen LogP contribution in [0.3, 0.4) is 0 Å². The highest BCUT2D eigenvalue weighted by molar-refractivity contribution is 5.20. The van der Waals surface area contributed by atoms with Crippen LogP contribution in [0.2, 0.25) is 0 Å². The van der Waals surface area contributed by atoms with Gasteiger partial charge in [0.2, 0.25) is 11.8 Å². The van der Waals surface area contributed by atoms with Gasteiger partial charge in [0, 0.05) is 25.9 Å². The molecule has 1 saturated heterocycles. The van der Waals surface area contributed by atoms with E-state index < -0.39 is 6.23 Å². The molecule has 3 heterocycles. The normalized spacial score (nSPS) is 29.0. The fraction of sp³-hybridized carbons (Fsp3) is 0.667. The van der Waals surface area contributed by atoms with E-state index >= 15 is 0 Å². The molecule has 2 aromatic heterocycles. The van der Waals surface area contributed by atoms with Crippen LogP contribution >= 0.6 is 0 Å². The largest absolute Gasteiger partial charge is 0.425 e. The second-order valence-electron chi connectivity index (χ2n) is 6.74. The molecule has 1 aliphatic carbocycles. The van der Waals surface area contributed by atoms with Crippen LogP contribution < -0.4 is 0 Å². The molecule has 2 fully saturated rings. The van der Waals surface area contributed by atoms with Crippen molar-refractivity contribution >= 4 is 0 Å². The Hall–Kier alpha value is -1.73. The van der Waals surface area contributed by atoms with Crippen molar-refractivity contribution in [1.82, 2.24) is 25.3 Å². The van der Waals surface area contributed by atoms with E-state index in [4.69, 9.17) is 4.42 Å². The van der Waals surface area contributed by atoms with Crippen molar-refractivity contribution in [2.24, 2.45) is 11.8 Å². The third kappa shape index (κ3) is 2.16. The smallest absolute Gasteiger partial charge is 0.220 e. The Morgan fingerprint density at radius 1 is 1.32 bits per heavy atom. The zero-order chi connectivity index (χ0) is 15.4. The van der Waals surface area contributed by atoms with Gasteiger partial charge in [-0.2, -0.15) is 5.10 Å². The molecule has 22 heavy (non-hydrogen) atoms. The molecule has 3 unspecified atom stereocenters. The van der Waals surface area contributed by atoms with E-state index in [1.54, 1.807) is 0 Å². The molecule has 0 amide bonds. The molecule has 0 bridgehead atoms. The van der Waals surface area contributed by atoms with Crippen molar-refractivity contribution in [2.75, 3.05) is 13.1 Å². The Balaban J connectivity index is 1.40. The molecule has 7 nitrogen and oxygen atoms in total. The molecule has 0 spiro atoms. The Morgan fingerprint density at radius 2 is 2.05 bits per heavy atom. The van der Waals surface area contributed by atoms with Crippen molar-refractivity contribution in [1.29, 1.82) is 0 Å². The summed E-state index contributed by atoms with van der Waals surface area (Å²) in [5, 5.41) is 25.8. The minimum absolute atomic E-state index is 0.356. The molecule has 118 valence electrons. The number of hydrogen-bond acceptors (Lipinski definition) is 6. The predicted octanol–water partition coefficient (Wildman–Crippen LogP) is 1.56. The van der Waals surface area contributed by atoms with Crippen molar-refractivity contribution in [3.63, 3.8) is 0 Å². The van der Waals surface area contributed by atoms with Crippen LogP contribution in [0.15, 0.2) is 10.5 Å². The number of nitrogens with zero attached hydrogens (tertiary/aromatic N) is 4. The summed E-state index contributed by atoms with van der Waals surface area (Å²) in [4.78, 5) is 2.09. The van der Waals surface area contributed by atoms with Crippen LogP contribution in [-0.2, 0) is 0 Å². The maximum absolute atomic E-state index is 10.5.